The van der Waals surface area contributed by atoms with Gasteiger partial charge in [-0.2, -0.15) is 0 Å². The number of thiophene rings is 1. The highest BCUT2D eigenvalue weighted by Crippen LogP contribution is 2.41. The van der Waals surface area contributed by atoms with E-state index in [4.69, 9.17) is 0 Å². The van der Waals surface area contributed by atoms with Gasteiger partial charge in [0.2, 0.25) is 0 Å². The molecule has 1 aliphatic rings. The first kappa shape index (κ1) is 11.9. The second-order valence-corrected chi connectivity index (χ2v) is 7.30. The van der Waals surface area contributed by atoms with Crippen LogP contribution in [0.4, 0.5) is 0 Å². The lowest BCUT2D eigenvalue weighted by Crippen LogP contribution is -2.26. The minimum Gasteiger partial charge on any atom is -0.313 e. The van der Waals surface area contributed by atoms with E-state index in [1.54, 1.807) is 11.3 Å². The largest absolute Gasteiger partial charge is 0.313 e. The van der Waals surface area contributed by atoms with Gasteiger partial charge in [-0.1, -0.05) is 20.8 Å². The number of H-pyrrole nitrogens is 1. The number of hydrogen-bond donors (Lipinski definition) is 1. The lowest BCUT2D eigenvalue weighted by molar-refractivity contribution is 0.218. The van der Waals surface area contributed by atoms with Gasteiger partial charge in [0.05, 0.1) is 11.7 Å². The molecular weight excluding hydrogens is 244 g/mol. The first-order valence-electron chi connectivity index (χ1n) is 6.45. The highest BCUT2D eigenvalue weighted by Gasteiger charge is 2.31. The fourth-order valence-electron chi connectivity index (χ4n) is 2.86. The monoisotopic (exact) mass is 262 g/mol. The molecule has 2 aromatic heterocycles. The van der Waals surface area contributed by atoms with Crippen LogP contribution in [-0.2, 0) is 12.8 Å². The van der Waals surface area contributed by atoms with Crippen LogP contribution in [0, 0.1) is 11.3 Å². The molecule has 1 atom stereocenters. The Labute approximate surface area is 110 Å². The van der Waals surface area contributed by atoms with Crippen molar-refractivity contribution in [1.29, 1.82) is 0 Å². The molecule has 2 heterocycles. The van der Waals surface area contributed by atoms with Crippen molar-refractivity contribution in [3.63, 3.8) is 0 Å². The zero-order chi connectivity index (χ0) is 12.9. The highest BCUT2D eigenvalue weighted by atomic mass is 32.1. The van der Waals surface area contributed by atoms with Gasteiger partial charge in [0, 0.05) is 4.88 Å². The molecule has 0 unspecified atom stereocenters. The second-order valence-electron chi connectivity index (χ2n) is 6.22. The van der Waals surface area contributed by atoms with Crippen molar-refractivity contribution in [2.75, 3.05) is 0 Å². The lowest BCUT2D eigenvalue weighted by atomic mass is 9.72. The van der Waals surface area contributed by atoms with Gasteiger partial charge in [-0.05, 0) is 36.2 Å². The summed E-state index contributed by atoms with van der Waals surface area (Å²) in [5.41, 5.74) is 1.62. The summed E-state index contributed by atoms with van der Waals surface area (Å²) < 4.78 is 0. The Morgan fingerprint density at radius 1 is 1.44 bits per heavy atom. The average Bonchev–Trinajstić information content (AvgIpc) is 2.66. The van der Waals surface area contributed by atoms with Crippen molar-refractivity contribution in [3.05, 3.63) is 27.1 Å². The molecule has 0 bridgehead atoms. The van der Waals surface area contributed by atoms with Gasteiger partial charge in [-0.15, -0.1) is 11.3 Å². The SMILES string of the molecule is CC(C)(C)[C@H]1CCc2c(sc3nc[nH]c(=O)c23)C1. The molecule has 0 spiro atoms. The number of aryl methyl sites for hydroxylation is 1. The van der Waals surface area contributed by atoms with E-state index < -0.39 is 0 Å². The average molecular weight is 262 g/mol. The highest BCUT2D eigenvalue weighted by molar-refractivity contribution is 7.18. The molecule has 1 aliphatic carbocycles. The molecule has 18 heavy (non-hydrogen) atoms. The van der Waals surface area contributed by atoms with Crippen molar-refractivity contribution >= 4 is 21.6 Å². The van der Waals surface area contributed by atoms with E-state index >= 15 is 0 Å². The zero-order valence-corrected chi connectivity index (χ0v) is 11.9. The predicted octanol–water partition coefficient (Wildman–Crippen LogP) is 3.14. The van der Waals surface area contributed by atoms with E-state index in [0.717, 1.165) is 23.1 Å². The summed E-state index contributed by atoms with van der Waals surface area (Å²) in [6.07, 6.45) is 4.80. The molecule has 4 heteroatoms. The Hall–Kier alpha value is -1.16. The summed E-state index contributed by atoms with van der Waals surface area (Å²) >= 11 is 1.70. The van der Waals surface area contributed by atoms with E-state index in [0.29, 0.717) is 11.3 Å². The van der Waals surface area contributed by atoms with Crippen LogP contribution in [0.3, 0.4) is 0 Å². The Balaban J connectivity index is 2.11. The smallest absolute Gasteiger partial charge is 0.259 e. The normalized spacial score (nSPS) is 20.1. The molecule has 1 N–H and O–H groups in total. The molecule has 2 aromatic rings. The Morgan fingerprint density at radius 3 is 2.94 bits per heavy atom. The molecule has 0 saturated heterocycles. The molecule has 0 radical (unpaired) electrons. The van der Waals surface area contributed by atoms with Crippen molar-refractivity contribution in [2.45, 2.75) is 40.0 Å². The summed E-state index contributed by atoms with van der Waals surface area (Å²) in [6, 6.07) is 0. The first-order chi connectivity index (χ1) is 8.47. The van der Waals surface area contributed by atoms with Crippen molar-refractivity contribution < 1.29 is 0 Å². The summed E-state index contributed by atoms with van der Waals surface area (Å²) in [6.45, 7) is 6.92. The van der Waals surface area contributed by atoms with E-state index in [1.807, 2.05) is 0 Å². The number of aromatic amines is 1. The van der Waals surface area contributed by atoms with Crippen LogP contribution in [0.25, 0.3) is 10.2 Å². The van der Waals surface area contributed by atoms with Gasteiger partial charge >= 0.3 is 0 Å². The molecule has 0 fully saturated rings. The molecular formula is C14H18N2OS. The van der Waals surface area contributed by atoms with Gasteiger partial charge < -0.3 is 4.98 Å². The van der Waals surface area contributed by atoms with Crippen LogP contribution >= 0.6 is 11.3 Å². The van der Waals surface area contributed by atoms with Crippen LogP contribution in [0.2, 0.25) is 0 Å². The third-order valence-electron chi connectivity index (χ3n) is 4.08. The number of nitrogens with zero attached hydrogens (tertiary/aromatic N) is 1. The number of aromatic nitrogens is 2. The molecule has 0 amide bonds. The van der Waals surface area contributed by atoms with Crippen molar-refractivity contribution in [2.24, 2.45) is 11.3 Å². The van der Waals surface area contributed by atoms with Gasteiger partial charge in [-0.3, -0.25) is 4.79 Å². The van der Waals surface area contributed by atoms with Gasteiger partial charge in [-0.25, -0.2) is 4.98 Å². The predicted molar refractivity (Wildman–Crippen MR) is 75.2 cm³/mol. The standard InChI is InChI=1S/C14H18N2OS/c1-14(2,3)8-4-5-9-10(6-8)18-13-11(9)12(17)15-7-16-13/h7-8H,4-6H2,1-3H3,(H,15,16,17)/t8-/m0/s1. The Kier molecular flexibility index (Phi) is 2.59. The molecule has 96 valence electrons. The first-order valence-corrected chi connectivity index (χ1v) is 7.26. The van der Waals surface area contributed by atoms with E-state index in [2.05, 4.69) is 30.7 Å². The minimum absolute atomic E-state index is 0.0201. The maximum absolute atomic E-state index is 11.9. The number of nitrogens with one attached hydrogen (secondary N) is 1. The van der Waals surface area contributed by atoms with Crippen LogP contribution < -0.4 is 5.56 Å². The molecule has 0 aromatic carbocycles. The van der Waals surface area contributed by atoms with E-state index in [1.165, 1.54) is 23.2 Å². The summed E-state index contributed by atoms with van der Waals surface area (Å²) in [4.78, 5) is 21.2. The second kappa shape index (κ2) is 3.92. The Morgan fingerprint density at radius 2 is 2.22 bits per heavy atom. The molecule has 0 aliphatic heterocycles. The lowest BCUT2D eigenvalue weighted by Gasteiger charge is -2.33. The zero-order valence-electron chi connectivity index (χ0n) is 11.0. The number of fused-ring (bicyclic) bond motifs is 3. The van der Waals surface area contributed by atoms with Gasteiger partial charge in [0.25, 0.3) is 5.56 Å². The molecule has 3 rings (SSSR count). The summed E-state index contributed by atoms with van der Waals surface area (Å²) in [5, 5.41) is 0.838. The quantitative estimate of drug-likeness (QED) is 0.792. The molecule has 0 saturated carbocycles. The van der Waals surface area contributed by atoms with Crippen molar-refractivity contribution in [1.82, 2.24) is 9.97 Å². The third-order valence-corrected chi connectivity index (χ3v) is 5.24. The summed E-state index contributed by atoms with van der Waals surface area (Å²) in [5.74, 6) is 0.706. The van der Waals surface area contributed by atoms with E-state index in [-0.39, 0.29) is 5.56 Å². The van der Waals surface area contributed by atoms with Gasteiger partial charge in [0.1, 0.15) is 4.83 Å². The topological polar surface area (TPSA) is 45.8 Å². The fraction of sp³-hybridized carbons (Fsp3) is 0.571. The summed E-state index contributed by atoms with van der Waals surface area (Å²) in [7, 11) is 0. The van der Waals surface area contributed by atoms with Gasteiger partial charge in [0.15, 0.2) is 0 Å². The molecule has 3 nitrogen and oxygen atoms in total. The Bertz CT molecular complexity index is 648. The van der Waals surface area contributed by atoms with E-state index in [9.17, 15) is 4.79 Å². The van der Waals surface area contributed by atoms with Crippen LogP contribution in [0.15, 0.2) is 11.1 Å². The number of rotatable bonds is 0. The van der Waals surface area contributed by atoms with Crippen LogP contribution in [0.1, 0.15) is 37.6 Å². The third kappa shape index (κ3) is 1.79. The van der Waals surface area contributed by atoms with Crippen LogP contribution in [-0.4, -0.2) is 9.97 Å². The number of hydrogen-bond acceptors (Lipinski definition) is 3. The van der Waals surface area contributed by atoms with Crippen molar-refractivity contribution in [3.8, 4) is 0 Å². The fourth-order valence-corrected chi connectivity index (χ4v) is 4.13. The minimum atomic E-state index is 0.0201. The maximum Gasteiger partial charge on any atom is 0.259 e. The maximum atomic E-state index is 11.9. The van der Waals surface area contributed by atoms with Crippen LogP contribution in [0.5, 0.6) is 0 Å².